The Morgan fingerprint density at radius 1 is 0.535 bits per heavy atom. The number of hydrogen-bond donors (Lipinski definition) is 0. The first kappa shape index (κ1) is 22.6. The Morgan fingerprint density at radius 3 is 1.65 bits per heavy atom. The van der Waals surface area contributed by atoms with Crippen LogP contribution >= 0.6 is 0 Å². The summed E-state index contributed by atoms with van der Waals surface area (Å²) < 4.78 is 4.87. The summed E-state index contributed by atoms with van der Waals surface area (Å²) in [7, 11) is 0. The van der Waals surface area contributed by atoms with Gasteiger partial charge in [-0.3, -0.25) is 0 Å². The lowest BCUT2D eigenvalue weighted by atomic mass is 9.34. The van der Waals surface area contributed by atoms with Crippen LogP contribution in [0.2, 0.25) is 0 Å². The summed E-state index contributed by atoms with van der Waals surface area (Å²) in [5.74, 6) is 0. The molecule has 5 heteroatoms. The van der Waals surface area contributed by atoms with E-state index >= 15 is 0 Å². The van der Waals surface area contributed by atoms with Gasteiger partial charge in [0.25, 0.3) is 6.71 Å². The molecular weight excluding hydrogens is 523 g/mol. The molecule has 194 valence electrons. The largest absolute Gasteiger partial charge is 0.310 e. The molecule has 8 aromatic rings. The van der Waals surface area contributed by atoms with Crippen LogP contribution in [0.25, 0.3) is 66.1 Å². The van der Waals surface area contributed by atoms with Crippen molar-refractivity contribution in [2.24, 2.45) is 0 Å². The van der Waals surface area contributed by atoms with Crippen molar-refractivity contribution in [2.45, 2.75) is 0 Å². The molecule has 0 saturated carbocycles. The number of benzene rings is 6. The summed E-state index contributed by atoms with van der Waals surface area (Å²) in [6, 6.07) is 45.3. The van der Waals surface area contributed by atoms with Gasteiger partial charge in [0, 0.05) is 44.0 Å². The van der Waals surface area contributed by atoms with Crippen molar-refractivity contribution in [1.82, 2.24) is 9.13 Å². The number of rotatable bonds is 1. The maximum atomic E-state index is 10.2. The van der Waals surface area contributed by atoms with Crippen molar-refractivity contribution in [3.05, 3.63) is 126 Å². The Kier molecular flexibility index (Phi) is 4.12. The minimum atomic E-state index is 0.0662. The fourth-order valence-corrected chi connectivity index (χ4v) is 7.94. The number of nitriles is 2. The average molecular weight is 542 g/mol. The first-order chi connectivity index (χ1) is 21.3. The second kappa shape index (κ2) is 7.82. The van der Waals surface area contributed by atoms with E-state index in [0.717, 1.165) is 22.5 Å². The smallest absolute Gasteiger partial charge is 0.252 e. The van der Waals surface area contributed by atoms with Gasteiger partial charge in [0.1, 0.15) is 0 Å². The third kappa shape index (κ3) is 2.66. The predicted octanol–water partition coefficient (Wildman–Crippen LogP) is 6.43. The van der Waals surface area contributed by atoms with Crippen LogP contribution in [-0.2, 0) is 0 Å². The Morgan fingerprint density at radius 2 is 1.09 bits per heavy atom. The molecule has 0 bridgehead atoms. The van der Waals surface area contributed by atoms with E-state index in [0.29, 0.717) is 11.1 Å². The molecule has 0 fully saturated rings. The fourth-order valence-electron chi connectivity index (χ4n) is 7.94. The highest BCUT2D eigenvalue weighted by molar-refractivity contribution is 7.00. The lowest BCUT2D eigenvalue weighted by Gasteiger charge is -2.34. The van der Waals surface area contributed by atoms with Gasteiger partial charge in [0.2, 0.25) is 0 Å². The number of fused-ring (bicyclic) bond motifs is 10. The molecule has 2 aliphatic heterocycles. The quantitative estimate of drug-likeness (QED) is 0.225. The van der Waals surface area contributed by atoms with E-state index < -0.39 is 0 Å². The first-order valence-electron chi connectivity index (χ1n) is 14.4. The zero-order valence-electron chi connectivity index (χ0n) is 22.8. The zero-order chi connectivity index (χ0) is 28.4. The van der Waals surface area contributed by atoms with Crippen molar-refractivity contribution < 1.29 is 0 Å². The van der Waals surface area contributed by atoms with Crippen molar-refractivity contribution in [2.75, 3.05) is 0 Å². The topological polar surface area (TPSA) is 57.4 Å². The molecule has 0 spiro atoms. The summed E-state index contributed by atoms with van der Waals surface area (Å²) >= 11 is 0. The van der Waals surface area contributed by atoms with Gasteiger partial charge in [-0.05, 0) is 63.9 Å². The molecule has 0 amide bonds. The lowest BCUT2D eigenvalue weighted by Crippen LogP contribution is -2.59. The number of para-hydroxylation sites is 4. The van der Waals surface area contributed by atoms with Gasteiger partial charge < -0.3 is 9.13 Å². The van der Waals surface area contributed by atoms with Gasteiger partial charge in [-0.15, -0.1) is 0 Å². The molecule has 0 saturated heterocycles. The summed E-state index contributed by atoms with van der Waals surface area (Å²) in [4.78, 5) is 0. The Bertz CT molecular complexity index is 2520. The maximum absolute atomic E-state index is 10.2. The van der Waals surface area contributed by atoms with Crippen molar-refractivity contribution in [1.29, 1.82) is 10.5 Å². The molecule has 2 aliphatic rings. The lowest BCUT2D eigenvalue weighted by molar-refractivity contribution is 1.14. The summed E-state index contributed by atoms with van der Waals surface area (Å²) in [6.45, 7) is 0.0662. The summed E-state index contributed by atoms with van der Waals surface area (Å²) in [5.41, 5.74) is 13.8. The minimum absolute atomic E-state index is 0.0662. The van der Waals surface area contributed by atoms with E-state index in [4.69, 9.17) is 0 Å². The van der Waals surface area contributed by atoms with Gasteiger partial charge in [0.15, 0.2) is 0 Å². The van der Waals surface area contributed by atoms with E-state index in [1.807, 2.05) is 6.07 Å². The monoisotopic (exact) mass is 542 g/mol. The molecule has 0 radical (unpaired) electrons. The molecule has 0 aliphatic carbocycles. The SMILES string of the molecule is N#Cc1ccc(-c2cc3c4c(c2)-n2c5ccccc5c5cccc(c52)B4c2cccc4c5ccccc5n-3c24)c(C#N)c1. The van der Waals surface area contributed by atoms with Crippen LogP contribution in [0.3, 0.4) is 0 Å². The number of nitrogens with zero attached hydrogens (tertiary/aromatic N) is 4. The fraction of sp³-hybridized carbons (Fsp3) is 0. The molecule has 4 heterocycles. The van der Waals surface area contributed by atoms with E-state index in [1.54, 1.807) is 12.1 Å². The number of hydrogen-bond acceptors (Lipinski definition) is 2. The van der Waals surface area contributed by atoms with Crippen molar-refractivity contribution in [3.63, 3.8) is 0 Å². The average Bonchev–Trinajstić information content (AvgIpc) is 3.59. The third-order valence-corrected chi connectivity index (χ3v) is 9.56. The van der Waals surface area contributed by atoms with E-state index in [1.165, 1.54) is 60.0 Å². The molecule has 43 heavy (non-hydrogen) atoms. The van der Waals surface area contributed by atoms with Crippen LogP contribution < -0.4 is 16.4 Å². The molecule has 10 rings (SSSR count). The van der Waals surface area contributed by atoms with Crippen LogP contribution in [-0.4, -0.2) is 15.8 Å². The van der Waals surface area contributed by atoms with Crippen LogP contribution in [0, 0.1) is 22.7 Å². The molecule has 4 nitrogen and oxygen atoms in total. The summed E-state index contributed by atoms with van der Waals surface area (Å²) in [5, 5.41) is 24.7. The van der Waals surface area contributed by atoms with E-state index in [2.05, 4.69) is 118 Å². The van der Waals surface area contributed by atoms with Crippen molar-refractivity contribution >= 4 is 66.7 Å². The Hall–Kier alpha value is -6.04. The molecule has 2 aromatic heterocycles. The molecule has 0 N–H and O–H groups in total. The number of aromatic nitrogens is 2. The van der Waals surface area contributed by atoms with Gasteiger partial charge in [0.05, 0.1) is 34.3 Å². The van der Waals surface area contributed by atoms with Gasteiger partial charge in [-0.25, -0.2) is 0 Å². The second-order valence-corrected chi connectivity index (χ2v) is 11.5. The molecule has 0 unspecified atom stereocenters. The third-order valence-electron chi connectivity index (χ3n) is 9.56. The highest BCUT2D eigenvalue weighted by Crippen LogP contribution is 2.40. The van der Waals surface area contributed by atoms with Crippen LogP contribution in [0.5, 0.6) is 0 Å². The standard InChI is InChI=1S/C38H19BN4/c40-20-22-15-16-25(24(17-22)21-41)23-18-34-36-35(19-23)43-33-14-4-2-8-27(33)29-10-6-12-31(38(29)43)39(36)30-11-5-9-28-26-7-1-3-13-32(26)42(34)37(28)30/h1-19H. The highest BCUT2D eigenvalue weighted by atomic mass is 15.0. The molecular formula is C38H19BN4. The maximum Gasteiger partial charge on any atom is 0.252 e. The predicted molar refractivity (Wildman–Crippen MR) is 175 cm³/mol. The van der Waals surface area contributed by atoms with E-state index in [9.17, 15) is 10.5 Å². The van der Waals surface area contributed by atoms with E-state index in [-0.39, 0.29) is 6.71 Å². The van der Waals surface area contributed by atoms with Gasteiger partial charge >= 0.3 is 0 Å². The minimum Gasteiger partial charge on any atom is -0.310 e. The Balaban J connectivity index is 1.46. The zero-order valence-corrected chi connectivity index (χ0v) is 22.8. The van der Waals surface area contributed by atoms with Crippen LogP contribution in [0.1, 0.15) is 11.1 Å². The van der Waals surface area contributed by atoms with Gasteiger partial charge in [-0.1, -0.05) is 78.9 Å². The van der Waals surface area contributed by atoms with Crippen LogP contribution in [0.15, 0.2) is 115 Å². The molecule has 6 aromatic carbocycles. The first-order valence-corrected chi connectivity index (χ1v) is 14.4. The van der Waals surface area contributed by atoms with Crippen LogP contribution in [0.4, 0.5) is 0 Å². The normalized spacial score (nSPS) is 12.6. The molecule has 0 atom stereocenters. The summed E-state index contributed by atoms with van der Waals surface area (Å²) in [6.07, 6.45) is 0. The van der Waals surface area contributed by atoms with Gasteiger partial charge in [-0.2, -0.15) is 10.5 Å². The highest BCUT2D eigenvalue weighted by Gasteiger charge is 2.40. The van der Waals surface area contributed by atoms with Crippen molar-refractivity contribution in [3.8, 4) is 34.6 Å². The second-order valence-electron chi connectivity index (χ2n) is 11.5. The Labute approximate surface area is 246 Å².